The zero-order valence-electron chi connectivity index (χ0n) is 68.4. The molecule has 0 saturated carbocycles. The van der Waals surface area contributed by atoms with Gasteiger partial charge in [-0.05, 0) is 192 Å². The van der Waals surface area contributed by atoms with Crippen LogP contribution in [-0.4, -0.2) is 183 Å². The Morgan fingerprint density at radius 2 is 0.948 bits per heavy atom. The van der Waals surface area contributed by atoms with Crippen molar-refractivity contribution in [2.24, 2.45) is 0 Å². The number of carbonyl (C=O) groups excluding carboxylic acids is 3. The van der Waals surface area contributed by atoms with E-state index in [-0.39, 0.29) is 36.1 Å². The number of amides is 3. The number of nitrogens with one attached hydrogen (secondary N) is 5. The van der Waals surface area contributed by atoms with Gasteiger partial charge in [0.2, 0.25) is 0 Å². The molecule has 10 aromatic rings. The molecule has 0 radical (unpaired) electrons. The van der Waals surface area contributed by atoms with Crippen LogP contribution in [0.4, 0.5) is 25.0 Å². The summed E-state index contributed by atoms with van der Waals surface area (Å²) in [6.07, 6.45) is 9.03. The van der Waals surface area contributed by atoms with Gasteiger partial charge in [0.15, 0.2) is 11.3 Å². The third-order valence-corrected chi connectivity index (χ3v) is 22.0. The normalized spacial score (nSPS) is 15.5. The lowest BCUT2D eigenvalue weighted by molar-refractivity contribution is 0.0138. The fraction of sp³-hybridized carbons (Fsp3) is 0.440. The summed E-state index contributed by atoms with van der Waals surface area (Å²) in [6, 6.07) is 42.3. The molecule has 0 spiro atoms. The number of aromatic nitrogens is 6. The molecule has 4 aliphatic rings. The van der Waals surface area contributed by atoms with Gasteiger partial charge >= 0.3 is 6.09 Å². The summed E-state index contributed by atoms with van der Waals surface area (Å²) in [5.74, 6) is -0.949. The van der Waals surface area contributed by atoms with Gasteiger partial charge in [-0.1, -0.05) is 86.6 Å². The maximum Gasteiger partial charge on any atom is 0.410 e. The fourth-order valence-electron chi connectivity index (χ4n) is 15.9. The average Bonchev–Trinajstić information content (AvgIpc) is 1.67. The molecule has 4 aliphatic heterocycles. The molecule has 0 unspecified atom stereocenters. The van der Waals surface area contributed by atoms with Gasteiger partial charge in [-0.15, -0.1) is 0 Å². The Morgan fingerprint density at radius 3 is 1.37 bits per heavy atom. The van der Waals surface area contributed by atoms with E-state index in [9.17, 15) is 14.4 Å². The lowest BCUT2D eigenvalue weighted by Gasteiger charge is -2.35. The number of fused-ring (bicyclic) bond motifs is 2. The van der Waals surface area contributed by atoms with Crippen LogP contribution in [0.15, 0.2) is 146 Å². The molecule has 14 rings (SSSR count). The lowest BCUT2D eigenvalue weighted by atomic mass is 10.00. The predicted molar refractivity (Wildman–Crippen MR) is 451 cm³/mol. The van der Waals surface area contributed by atoms with E-state index in [2.05, 4.69) is 116 Å². The number of ether oxygens (including phenoxy) is 3. The second kappa shape index (κ2) is 39.1. The SMILES string of the molecule is CCc1nc2c(cnn2CC)c(NC2CCOCC2)c1CN(C)Cc1cccc(C(=O)NCc2ccc(F)c(-c3cccc(CN4CCN(C(=O)OC(C)(C)C)CC4)c3)c2)c1.CCc1nc2c(cnn2CC)c(NC2CCOCC2)c1CN(C)Cc1cccc(C(=O)NCc2ccc(F)c(-c3cccc(CN4CCNCC4)c3)c2)c1. The molecule has 8 heterocycles. The minimum Gasteiger partial charge on any atom is -0.444 e. The Kier molecular flexibility index (Phi) is 28.2. The predicted octanol–water partition coefficient (Wildman–Crippen LogP) is 14.4. The molecule has 4 fully saturated rings. The number of aryl methyl sites for hydroxylation is 4. The highest BCUT2D eigenvalue weighted by molar-refractivity contribution is 5.95. The van der Waals surface area contributed by atoms with Gasteiger partial charge in [-0.25, -0.2) is 32.9 Å². The molecule has 6 aromatic carbocycles. The van der Waals surface area contributed by atoms with E-state index >= 15 is 8.78 Å². The Bertz CT molecular complexity index is 4980. The second-order valence-electron chi connectivity index (χ2n) is 31.9. The van der Waals surface area contributed by atoms with E-state index in [1.165, 1.54) is 23.3 Å². The fourth-order valence-corrected chi connectivity index (χ4v) is 15.9. The molecule has 0 atom stereocenters. The maximum atomic E-state index is 15.3. The van der Waals surface area contributed by atoms with Crippen molar-refractivity contribution in [3.8, 4) is 22.3 Å². The number of anilines is 2. The maximum absolute atomic E-state index is 15.3. The molecule has 0 bridgehead atoms. The number of nitrogens with zero attached hydrogens (tertiary/aromatic N) is 11. The second-order valence-corrected chi connectivity index (χ2v) is 31.9. The molecule has 3 amide bonds. The van der Waals surface area contributed by atoms with Crippen LogP contribution in [0, 0.1) is 11.6 Å². The van der Waals surface area contributed by atoms with E-state index in [0.717, 1.165) is 213 Å². The van der Waals surface area contributed by atoms with Crippen LogP contribution < -0.4 is 26.6 Å². The highest BCUT2D eigenvalue weighted by Gasteiger charge is 2.29. The standard InChI is InChI=1S/C48H61FN8O4.C43H53FN8O2/c1-7-43-41(44(52-38-17-23-60-24-18-38)40-29-51-57(8-2)45(40)53-43)32-54(6)30-34-11-10-14-37(26-34)46(58)50-28-33-15-16-42(49)39(27-33)36-13-9-12-35(25-36)31-55-19-21-56(22-20-55)47(59)61-48(3,4)5;1-4-40-38(41(48-35-14-20-54-21-15-35)37-26-47-52(5-2)42(37)49-40)29-50(3)27-31-8-7-11-34(23-31)43(53)46-25-30-12-13-39(44)36(24-30)33-10-6-9-32(22-33)28-51-18-16-45-17-19-51/h9-16,25-27,29,38H,7-8,17-24,28,30-32H2,1-6H3,(H,50,58)(H,52,53);6-13,22-24,26,35,45H,4-5,14-21,25,27-29H2,1-3H3,(H,46,53)(H,48,49). The molecule has 4 aromatic heterocycles. The zero-order chi connectivity index (χ0) is 80.5. The summed E-state index contributed by atoms with van der Waals surface area (Å²) < 4.78 is 51.2. The highest BCUT2D eigenvalue weighted by Crippen LogP contribution is 2.36. The van der Waals surface area contributed by atoms with Gasteiger partial charge in [0.05, 0.1) is 34.5 Å². The Balaban J connectivity index is 0.000000202. The first-order chi connectivity index (χ1) is 55.7. The van der Waals surface area contributed by atoms with Gasteiger partial charge in [0.1, 0.15) is 17.2 Å². The van der Waals surface area contributed by atoms with E-state index in [1.807, 2.05) is 134 Å². The summed E-state index contributed by atoms with van der Waals surface area (Å²) >= 11 is 0. The van der Waals surface area contributed by atoms with Crippen molar-refractivity contribution in [1.82, 2.24) is 70.0 Å². The summed E-state index contributed by atoms with van der Waals surface area (Å²) in [7, 11) is 4.21. The molecule has 115 heavy (non-hydrogen) atoms. The van der Waals surface area contributed by atoms with Crippen LogP contribution in [0.2, 0.25) is 0 Å². The van der Waals surface area contributed by atoms with Crippen LogP contribution in [0.5, 0.6) is 0 Å². The van der Waals surface area contributed by atoms with Crippen molar-refractivity contribution in [3.05, 3.63) is 225 Å². The van der Waals surface area contributed by atoms with Crippen LogP contribution in [0.25, 0.3) is 44.3 Å². The van der Waals surface area contributed by atoms with E-state index in [1.54, 1.807) is 17.0 Å². The Hall–Kier alpha value is -10.1. The summed E-state index contributed by atoms with van der Waals surface area (Å²) in [6.45, 7) is 30.0. The van der Waals surface area contributed by atoms with Gasteiger partial charge < -0.3 is 45.7 Å². The van der Waals surface area contributed by atoms with Crippen LogP contribution in [0.3, 0.4) is 0 Å². The number of halogens is 2. The van der Waals surface area contributed by atoms with Crippen molar-refractivity contribution in [1.29, 1.82) is 0 Å². The van der Waals surface area contributed by atoms with E-state index in [4.69, 9.17) is 24.2 Å². The van der Waals surface area contributed by atoms with Gasteiger partial charge in [0, 0.05) is 201 Å². The monoisotopic (exact) mass is 1560 g/mol. The number of hydrogen-bond donors (Lipinski definition) is 5. The molecule has 0 aliphatic carbocycles. The van der Waals surface area contributed by atoms with E-state index in [0.29, 0.717) is 86.7 Å². The molecule has 4 saturated heterocycles. The molecule has 608 valence electrons. The number of pyridine rings is 2. The average molecular weight is 1570 g/mol. The highest BCUT2D eigenvalue weighted by atomic mass is 19.1. The number of carbonyl (C=O) groups is 3. The molecule has 24 heteroatoms. The summed E-state index contributed by atoms with van der Waals surface area (Å²) in [5.41, 5.74) is 17.8. The molecular formula is C91H114F2N16O6. The minimum absolute atomic E-state index is 0.165. The lowest BCUT2D eigenvalue weighted by Crippen LogP contribution is -2.49. The topological polar surface area (TPSA) is 217 Å². The summed E-state index contributed by atoms with van der Waals surface area (Å²) in [5, 5.41) is 28.7. The quantitative estimate of drug-likeness (QED) is 0.0308. The van der Waals surface area contributed by atoms with Crippen LogP contribution >= 0.6 is 0 Å². The van der Waals surface area contributed by atoms with Crippen LogP contribution in [-0.2, 0) is 92.5 Å². The number of benzene rings is 6. The van der Waals surface area contributed by atoms with Crippen molar-refractivity contribution >= 4 is 51.3 Å². The van der Waals surface area contributed by atoms with E-state index < -0.39 is 5.60 Å². The largest absolute Gasteiger partial charge is 0.444 e. The molecular weight excluding hydrogens is 1450 g/mol. The smallest absolute Gasteiger partial charge is 0.410 e. The van der Waals surface area contributed by atoms with Gasteiger partial charge in [-0.3, -0.25) is 29.2 Å². The third-order valence-electron chi connectivity index (χ3n) is 22.0. The van der Waals surface area contributed by atoms with Crippen molar-refractivity contribution in [2.75, 3.05) is 104 Å². The first-order valence-electron chi connectivity index (χ1n) is 41.2. The molecule has 22 nitrogen and oxygen atoms in total. The Morgan fingerprint density at radius 1 is 0.522 bits per heavy atom. The van der Waals surface area contributed by atoms with Gasteiger partial charge in [-0.2, -0.15) is 10.2 Å². The van der Waals surface area contributed by atoms with Crippen LogP contribution in [0.1, 0.15) is 151 Å². The number of hydrogen-bond acceptors (Lipinski definition) is 17. The van der Waals surface area contributed by atoms with Gasteiger partial charge in [0.25, 0.3) is 11.8 Å². The van der Waals surface area contributed by atoms with Crippen molar-refractivity contribution < 1.29 is 37.4 Å². The third kappa shape index (κ3) is 21.7. The van der Waals surface area contributed by atoms with Crippen molar-refractivity contribution in [2.45, 2.75) is 170 Å². The molecule has 5 N–H and O–H groups in total. The Labute approximate surface area is 675 Å². The number of piperazine rings is 2. The first kappa shape index (κ1) is 82.9. The number of rotatable bonds is 28. The zero-order valence-corrected chi connectivity index (χ0v) is 68.4. The summed E-state index contributed by atoms with van der Waals surface area (Å²) in [4.78, 5) is 60.7. The first-order valence-corrected chi connectivity index (χ1v) is 41.2. The van der Waals surface area contributed by atoms with Crippen molar-refractivity contribution in [3.63, 3.8) is 0 Å². The minimum atomic E-state index is -0.527.